The summed E-state index contributed by atoms with van der Waals surface area (Å²) < 4.78 is 10.9. The van der Waals surface area contributed by atoms with Gasteiger partial charge in [0, 0.05) is 24.3 Å². The highest BCUT2D eigenvalue weighted by atomic mass is 16.6. The highest BCUT2D eigenvalue weighted by molar-refractivity contribution is 5.66. The zero-order valence-electron chi connectivity index (χ0n) is 18.2. The van der Waals surface area contributed by atoms with Gasteiger partial charge >= 0.3 is 0 Å². The fourth-order valence-electron chi connectivity index (χ4n) is 2.81. The van der Waals surface area contributed by atoms with Gasteiger partial charge in [-0.1, -0.05) is 26.0 Å². The molecule has 0 spiro atoms. The Morgan fingerprint density at radius 2 is 1.19 bits per heavy atom. The molecule has 9 heteroatoms. The Morgan fingerprint density at radius 1 is 0.750 bits per heavy atom. The highest BCUT2D eigenvalue weighted by Crippen LogP contribution is 2.41. The summed E-state index contributed by atoms with van der Waals surface area (Å²) in [6.07, 6.45) is 0. The fourth-order valence-corrected chi connectivity index (χ4v) is 2.81. The first kappa shape index (κ1) is 22.5. The van der Waals surface area contributed by atoms with Crippen molar-refractivity contribution in [2.45, 2.75) is 19.8 Å². The summed E-state index contributed by atoms with van der Waals surface area (Å²) in [6.45, 7) is 4.27. The zero-order chi connectivity index (χ0) is 23.1. The van der Waals surface area contributed by atoms with Crippen molar-refractivity contribution in [2.75, 3.05) is 14.2 Å². The minimum atomic E-state index is -0.471. The van der Waals surface area contributed by atoms with E-state index in [-0.39, 0.29) is 5.69 Å². The smallest absolute Gasteiger partial charge is 0.269 e. The van der Waals surface area contributed by atoms with E-state index in [0.717, 1.165) is 5.69 Å². The molecule has 0 atom stereocenters. The molecule has 0 aliphatic rings. The molecule has 0 radical (unpaired) electrons. The second-order valence-electron chi connectivity index (χ2n) is 7.12. The van der Waals surface area contributed by atoms with Crippen LogP contribution in [0, 0.1) is 10.1 Å². The third-order valence-corrected chi connectivity index (χ3v) is 4.65. The number of ether oxygens (including phenoxy) is 2. The first-order chi connectivity index (χ1) is 15.4. The predicted octanol–water partition coefficient (Wildman–Crippen LogP) is 7.57. The number of nitro groups is 1. The molecule has 0 amide bonds. The molecular formula is C23H23N5O4. The van der Waals surface area contributed by atoms with Crippen molar-refractivity contribution in [3.05, 3.63) is 76.3 Å². The molecule has 0 aliphatic carbocycles. The average molecular weight is 433 g/mol. The van der Waals surface area contributed by atoms with Crippen molar-refractivity contribution in [1.29, 1.82) is 0 Å². The number of methoxy groups -OCH3 is 2. The van der Waals surface area contributed by atoms with Gasteiger partial charge in [-0.3, -0.25) is 10.1 Å². The molecule has 164 valence electrons. The normalized spacial score (nSPS) is 11.4. The van der Waals surface area contributed by atoms with Crippen molar-refractivity contribution >= 4 is 28.4 Å². The van der Waals surface area contributed by atoms with E-state index >= 15 is 0 Å². The van der Waals surface area contributed by atoms with Crippen molar-refractivity contribution in [3.8, 4) is 11.5 Å². The number of hydrogen-bond acceptors (Lipinski definition) is 8. The van der Waals surface area contributed by atoms with E-state index in [1.807, 2.05) is 24.3 Å². The summed E-state index contributed by atoms with van der Waals surface area (Å²) >= 11 is 0. The second kappa shape index (κ2) is 10.3. The number of benzene rings is 3. The maximum Gasteiger partial charge on any atom is 0.269 e. The lowest BCUT2D eigenvalue weighted by Crippen LogP contribution is -1.88. The largest absolute Gasteiger partial charge is 0.494 e. The molecular weight excluding hydrogens is 410 g/mol. The Bertz CT molecular complexity index is 1140. The maximum absolute atomic E-state index is 10.8. The van der Waals surface area contributed by atoms with Crippen LogP contribution in [-0.4, -0.2) is 19.1 Å². The van der Waals surface area contributed by atoms with Crippen LogP contribution in [0.4, 0.5) is 28.4 Å². The molecule has 0 saturated heterocycles. The number of azo groups is 2. The lowest BCUT2D eigenvalue weighted by molar-refractivity contribution is -0.384. The van der Waals surface area contributed by atoms with Gasteiger partial charge in [-0.2, -0.15) is 10.2 Å². The summed E-state index contributed by atoms with van der Waals surface area (Å²) in [5.41, 5.74) is 3.29. The Kier molecular flexibility index (Phi) is 7.22. The molecule has 32 heavy (non-hydrogen) atoms. The van der Waals surface area contributed by atoms with Crippen molar-refractivity contribution in [1.82, 2.24) is 0 Å². The van der Waals surface area contributed by atoms with Crippen molar-refractivity contribution in [3.63, 3.8) is 0 Å². The SMILES string of the molecule is COc1cc(/N=N\c2ccc([N+](=O)[O-])cc2)c(OC)cc1N=Nc1ccc(C(C)C)cc1. The average Bonchev–Trinajstić information content (AvgIpc) is 2.81. The van der Waals surface area contributed by atoms with E-state index < -0.39 is 4.92 Å². The van der Waals surface area contributed by atoms with Crippen LogP contribution in [0.25, 0.3) is 0 Å². The third kappa shape index (κ3) is 5.51. The topological polar surface area (TPSA) is 111 Å². The number of nitro benzene ring substituents is 1. The van der Waals surface area contributed by atoms with Crippen LogP contribution in [0.5, 0.6) is 11.5 Å². The Labute approximate surface area is 185 Å². The van der Waals surface area contributed by atoms with Gasteiger partial charge in [-0.05, 0) is 35.7 Å². The first-order valence-corrected chi connectivity index (χ1v) is 9.85. The van der Waals surface area contributed by atoms with E-state index in [1.54, 1.807) is 12.1 Å². The minimum Gasteiger partial charge on any atom is -0.494 e. The van der Waals surface area contributed by atoms with Crippen LogP contribution >= 0.6 is 0 Å². The molecule has 3 aromatic carbocycles. The number of rotatable bonds is 8. The van der Waals surface area contributed by atoms with E-state index in [2.05, 4.69) is 34.3 Å². The number of nitrogens with zero attached hydrogens (tertiary/aromatic N) is 5. The van der Waals surface area contributed by atoms with Crippen LogP contribution in [0.3, 0.4) is 0 Å². The first-order valence-electron chi connectivity index (χ1n) is 9.85. The van der Waals surface area contributed by atoms with E-state index in [0.29, 0.717) is 34.5 Å². The minimum absolute atomic E-state index is 0.0169. The van der Waals surface area contributed by atoms with Gasteiger partial charge in [0.1, 0.15) is 22.9 Å². The van der Waals surface area contributed by atoms with E-state index in [1.165, 1.54) is 44.0 Å². The second-order valence-corrected chi connectivity index (χ2v) is 7.12. The van der Waals surface area contributed by atoms with Crippen LogP contribution in [0.1, 0.15) is 25.3 Å². The van der Waals surface area contributed by atoms with Gasteiger partial charge in [-0.15, -0.1) is 10.2 Å². The van der Waals surface area contributed by atoms with Gasteiger partial charge in [0.15, 0.2) is 0 Å². The number of hydrogen-bond donors (Lipinski definition) is 0. The summed E-state index contributed by atoms with van der Waals surface area (Å²) in [5.74, 6) is 1.32. The van der Waals surface area contributed by atoms with Gasteiger partial charge in [-0.25, -0.2) is 0 Å². The molecule has 0 bridgehead atoms. The van der Waals surface area contributed by atoms with Gasteiger partial charge < -0.3 is 9.47 Å². The number of non-ortho nitro benzene ring substituents is 1. The molecule has 3 rings (SSSR count). The Hall–Kier alpha value is -4.14. The Balaban J connectivity index is 1.86. The quantitative estimate of drug-likeness (QED) is 0.207. The predicted molar refractivity (Wildman–Crippen MR) is 122 cm³/mol. The standard InChI is InChI=1S/C23H23N5O4/c1-15(2)16-5-7-17(8-6-16)24-26-20-13-23(32-4)21(14-22(20)31-3)27-25-18-9-11-19(12-10-18)28(29)30/h5-15H,1-4H3/b26-24?,27-25-. The van der Waals surface area contributed by atoms with E-state index in [4.69, 9.17) is 9.47 Å². The van der Waals surface area contributed by atoms with Crippen LogP contribution in [0.2, 0.25) is 0 Å². The Morgan fingerprint density at radius 3 is 1.56 bits per heavy atom. The monoisotopic (exact) mass is 433 g/mol. The summed E-state index contributed by atoms with van der Waals surface area (Å²) in [6, 6.07) is 16.9. The van der Waals surface area contributed by atoms with E-state index in [9.17, 15) is 10.1 Å². The van der Waals surface area contributed by atoms with Gasteiger partial charge in [0.2, 0.25) is 0 Å². The molecule has 0 saturated carbocycles. The molecule has 0 fully saturated rings. The highest BCUT2D eigenvalue weighted by Gasteiger charge is 2.12. The summed E-state index contributed by atoms with van der Waals surface area (Å²) in [5, 5.41) is 27.7. The van der Waals surface area contributed by atoms with Crippen molar-refractivity contribution < 1.29 is 14.4 Å². The zero-order valence-corrected chi connectivity index (χ0v) is 18.2. The van der Waals surface area contributed by atoms with Crippen LogP contribution in [0.15, 0.2) is 81.1 Å². The van der Waals surface area contributed by atoms with Crippen molar-refractivity contribution in [2.24, 2.45) is 20.5 Å². The van der Waals surface area contributed by atoms with Gasteiger partial charge in [0.25, 0.3) is 5.69 Å². The third-order valence-electron chi connectivity index (χ3n) is 4.65. The lowest BCUT2D eigenvalue weighted by atomic mass is 10.0. The van der Waals surface area contributed by atoms with Gasteiger partial charge in [0.05, 0.1) is 30.5 Å². The lowest BCUT2D eigenvalue weighted by Gasteiger charge is -2.09. The van der Waals surface area contributed by atoms with Crippen LogP contribution in [-0.2, 0) is 0 Å². The molecule has 0 unspecified atom stereocenters. The maximum atomic E-state index is 10.8. The molecule has 9 nitrogen and oxygen atoms in total. The van der Waals surface area contributed by atoms with Crippen LogP contribution < -0.4 is 9.47 Å². The summed E-state index contributed by atoms with van der Waals surface area (Å²) in [4.78, 5) is 10.3. The molecule has 0 N–H and O–H groups in total. The molecule has 3 aromatic rings. The fraction of sp³-hybridized carbons (Fsp3) is 0.217. The summed E-state index contributed by atoms with van der Waals surface area (Å²) in [7, 11) is 3.04. The molecule has 0 aliphatic heterocycles. The molecule has 0 heterocycles. The molecule has 0 aromatic heterocycles.